The number of phenols is 1. The van der Waals surface area contributed by atoms with Gasteiger partial charge in [0.05, 0.1) is 0 Å². The zero-order valence-corrected chi connectivity index (χ0v) is 11.7. The molecular weight excluding hydrogens is 269 g/mol. The van der Waals surface area contributed by atoms with Gasteiger partial charge >= 0.3 is 0 Å². The van der Waals surface area contributed by atoms with Crippen molar-refractivity contribution in [3.63, 3.8) is 0 Å². The number of nitrogens with one attached hydrogen (secondary N) is 1. The van der Waals surface area contributed by atoms with E-state index in [-0.39, 0.29) is 17.7 Å². The van der Waals surface area contributed by atoms with Crippen LogP contribution in [0.1, 0.15) is 17.5 Å². The minimum atomic E-state index is -0.217. The van der Waals surface area contributed by atoms with E-state index in [0.717, 1.165) is 36.3 Å². The summed E-state index contributed by atoms with van der Waals surface area (Å²) < 4.78 is 18.7. The molecule has 1 heterocycles. The van der Waals surface area contributed by atoms with E-state index in [0.29, 0.717) is 6.54 Å². The highest BCUT2D eigenvalue weighted by molar-refractivity contribution is 5.41. The van der Waals surface area contributed by atoms with Crippen molar-refractivity contribution < 1.29 is 14.2 Å². The maximum atomic E-state index is 12.8. The van der Waals surface area contributed by atoms with E-state index in [4.69, 9.17) is 4.74 Å². The molecule has 2 aromatic carbocycles. The molecule has 0 bridgehead atoms. The number of rotatable bonds is 4. The topological polar surface area (TPSA) is 41.5 Å². The molecule has 3 rings (SSSR count). The molecule has 21 heavy (non-hydrogen) atoms. The third-order valence-corrected chi connectivity index (χ3v) is 3.69. The summed E-state index contributed by atoms with van der Waals surface area (Å²) in [4.78, 5) is 0. The lowest BCUT2D eigenvalue weighted by atomic mass is 10.0. The number of ether oxygens (including phenoxy) is 1. The van der Waals surface area contributed by atoms with Crippen LogP contribution in [0, 0.1) is 5.82 Å². The third-order valence-electron chi connectivity index (χ3n) is 3.69. The van der Waals surface area contributed by atoms with Crippen LogP contribution in [0.15, 0.2) is 42.5 Å². The zero-order valence-electron chi connectivity index (χ0n) is 11.7. The molecule has 4 heteroatoms. The van der Waals surface area contributed by atoms with Gasteiger partial charge in [-0.3, -0.25) is 0 Å². The van der Waals surface area contributed by atoms with Gasteiger partial charge in [0.1, 0.15) is 23.4 Å². The first-order chi connectivity index (χ1) is 10.2. The highest BCUT2D eigenvalue weighted by Crippen LogP contribution is 2.30. The molecule has 0 radical (unpaired) electrons. The normalized spacial score (nSPS) is 17.1. The molecule has 0 aromatic heterocycles. The zero-order chi connectivity index (χ0) is 14.7. The van der Waals surface area contributed by atoms with Gasteiger partial charge in [-0.1, -0.05) is 18.2 Å². The summed E-state index contributed by atoms with van der Waals surface area (Å²) in [6, 6.07) is 11.7. The molecule has 2 aromatic rings. The molecule has 0 amide bonds. The van der Waals surface area contributed by atoms with E-state index in [1.165, 1.54) is 12.1 Å². The quantitative estimate of drug-likeness (QED) is 0.908. The van der Waals surface area contributed by atoms with Crippen LogP contribution >= 0.6 is 0 Å². The van der Waals surface area contributed by atoms with Crippen molar-refractivity contribution in [1.29, 1.82) is 0 Å². The first kappa shape index (κ1) is 13.9. The molecule has 1 aliphatic heterocycles. The van der Waals surface area contributed by atoms with Crippen molar-refractivity contribution in [2.75, 3.05) is 6.54 Å². The van der Waals surface area contributed by atoms with E-state index >= 15 is 0 Å². The predicted molar refractivity (Wildman–Crippen MR) is 79.0 cm³/mol. The Morgan fingerprint density at radius 2 is 2.00 bits per heavy atom. The molecule has 0 saturated heterocycles. The van der Waals surface area contributed by atoms with Gasteiger partial charge in [0.2, 0.25) is 0 Å². The lowest BCUT2D eigenvalue weighted by molar-refractivity contribution is 0.169. The average Bonchev–Trinajstić information content (AvgIpc) is 2.49. The summed E-state index contributed by atoms with van der Waals surface area (Å²) in [5, 5.41) is 12.8. The number of phenolic OH excluding ortho intramolecular Hbond substituents is 1. The van der Waals surface area contributed by atoms with Crippen LogP contribution in [0.5, 0.6) is 11.5 Å². The third kappa shape index (κ3) is 3.52. The molecule has 2 N–H and O–H groups in total. The van der Waals surface area contributed by atoms with Crippen LogP contribution in [0.25, 0.3) is 0 Å². The molecular formula is C17H18FNO2. The number of aryl methyl sites for hydroxylation is 1. The highest BCUT2D eigenvalue weighted by atomic mass is 19.1. The van der Waals surface area contributed by atoms with Crippen molar-refractivity contribution in [2.24, 2.45) is 0 Å². The second-order valence-electron chi connectivity index (χ2n) is 5.33. The van der Waals surface area contributed by atoms with Crippen LogP contribution in [0.4, 0.5) is 4.39 Å². The van der Waals surface area contributed by atoms with E-state index in [1.807, 2.05) is 6.07 Å². The number of halogens is 1. The van der Waals surface area contributed by atoms with Gasteiger partial charge in [-0.05, 0) is 42.2 Å². The molecule has 0 saturated carbocycles. The van der Waals surface area contributed by atoms with Crippen molar-refractivity contribution in [1.82, 2.24) is 5.32 Å². The molecule has 0 aliphatic carbocycles. The van der Waals surface area contributed by atoms with E-state index in [9.17, 15) is 9.50 Å². The van der Waals surface area contributed by atoms with E-state index in [1.54, 1.807) is 24.3 Å². The largest absolute Gasteiger partial charge is 0.508 e. The minimum Gasteiger partial charge on any atom is -0.508 e. The van der Waals surface area contributed by atoms with E-state index in [2.05, 4.69) is 5.32 Å². The van der Waals surface area contributed by atoms with Crippen LogP contribution in [-0.2, 0) is 13.0 Å². The molecule has 0 unspecified atom stereocenters. The van der Waals surface area contributed by atoms with Gasteiger partial charge < -0.3 is 15.2 Å². The number of hydrogen-bond acceptors (Lipinski definition) is 3. The minimum absolute atomic E-state index is 0.0970. The Morgan fingerprint density at radius 1 is 1.19 bits per heavy atom. The van der Waals surface area contributed by atoms with Gasteiger partial charge in [-0.25, -0.2) is 4.39 Å². The monoisotopic (exact) mass is 287 g/mol. The lowest BCUT2D eigenvalue weighted by Gasteiger charge is -2.26. The molecule has 3 nitrogen and oxygen atoms in total. The summed E-state index contributed by atoms with van der Waals surface area (Å²) in [5.74, 6) is 0.786. The van der Waals surface area contributed by atoms with Crippen molar-refractivity contribution in [3.8, 4) is 11.5 Å². The molecule has 1 atom stereocenters. The van der Waals surface area contributed by atoms with Gasteiger partial charge in [0, 0.05) is 19.2 Å². The second kappa shape index (κ2) is 6.14. The number of benzene rings is 2. The highest BCUT2D eigenvalue weighted by Gasteiger charge is 2.19. The Labute approximate surface area is 123 Å². The van der Waals surface area contributed by atoms with Gasteiger partial charge in [-0.15, -0.1) is 0 Å². The summed E-state index contributed by atoms with van der Waals surface area (Å²) >= 11 is 0. The lowest BCUT2D eigenvalue weighted by Crippen LogP contribution is -2.33. The summed E-state index contributed by atoms with van der Waals surface area (Å²) in [7, 11) is 0. The van der Waals surface area contributed by atoms with Crippen LogP contribution in [0.3, 0.4) is 0 Å². The average molecular weight is 287 g/mol. The standard InChI is InChI=1S/C17H18FNO2/c18-14-5-1-12(2-6-14)10-19-11-16-8-4-13-3-7-15(20)9-17(13)21-16/h1-3,5-7,9,16,19-20H,4,8,10-11H2/t16-/m1/s1. The smallest absolute Gasteiger partial charge is 0.126 e. The fraction of sp³-hybridized carbons (Fsp3) is 0.294. The molecule has 0 fully saturated rings. The van der Waals surface area contributed by atoms with Crippen LogP contribution in [0.2, 0.25) is 0 Å². The number of fused-ring (bicyclic) bond motifs is 1. The Balaban J connectivity index is 1.52. The fourth-order valence-corrected chi connectivity index (χ4v) is 2.54. The van der Waals surface area contributed by atoms with Crippen LogP contribution < -0.4 is 10.1 Å². The van der Waals surface area contributed by atoms with Gasteiger partial charge in [0.25, 0.3) is 0 Å². The molecule has 1 aliphatic rings. The first-order valence-electron chi connectivity index (χ1n) is 7.14. The van der Waals surface area contributed by atoms with E-state index < -0.39 is 0 Å². The fourth-order valence-electron chi connectivity index (χ4n) is 2.54. The first-order valence-corrected chi connectivity index (χ1v) is 7.14. The van der Waals surface area contributed by atoms with Crippen molar-refractivity contribution >= 4 is 0 Å². The maximum Gasteiger partial charge on any atom is 0.126 e. The summed E-state index contributed by atoms with van der Waals surface area (Å²) in [5.41, 5.74) is 2.19. The van der Waals surface area contributed by atoms with Crippen molar-refractivity contribution in [2.45, 2.75) is 25.5 Å². The molecule has 110 valence electrons. The SMILES string of the molecule is Oc1ccc2c(c1)O[C@@H](CNCc1ccc(F)cc1)CC2. The Hall–Kier alpha value is -2.07. The number of aromatic hydroxyl groups is 1. The number of hydrogen-bond donors (Lipinski definition) is 2. The Morgan fingerprint density at radius 3 is 2.81 bits per heavy atom. The maximum absolute atomic E-state index is 12.8. The molecule has 0 spiro atoms. The van der Waals surface area contributed by atoms with Crippen molar-refractivity contribution in [3.05, 3.63) is 59.4 Å². The van der Waals surface area contributed by atoms with Gasteiger partial charge in [0.15, 0.2) is 0 Å². The Kier molecular flexibility index (Phi) is 4.06. The second-order valence-corrected chi connectivity index (χ2v) is 5.33. The Bertz CT molecular complexity index is 613. The van der Waals surface area contributed by atoms with Gasteiger partial charge in [-0.2, -0.15) is 0 Å². The summed E-state index contributed by atoms with van der Waals surface area (Å²) in [6.07, 6.45) is 2.01. The summed E-state index contributed by atoms with van der Waals surface area (Å²) in [6.45, 7) is 1.42. The van der Waals surface area contributed by atoms with Crippen LogP contribution in [-0.4, -0.2) is 17.8 Å². The predicted octanol–water partition coefficient (Wildman–Crippen LogP) is 3.01.